The number of unbranched alkanes of at least 4 members (excludes halogenated alkanes) is 1. The summed E-state index contributed by atoms with van der Waals surface area (Å²) in [5.41, 5.74) is 0. The van der Waals surface area contributed by atoms with Crippen molar-refractivity contribution in [3.05, 3.63) is 0 Å². The molecule has 1 heterocycles. The summed E-state index contributed by atoms with van der Waals surface area (Å²) >= 11 is 0. The molecule has 0 aromatic carbocycles. The summed E-state index contributed by atoms with van der Waals surface area (Å²) in [5, 5.41) is 6.18. The predicted octanol–water partition coefficient (Wildman–Crippen LogP) is 0.901. The van der Waals surface area contributed by atoms with E-state index >= 15 is 0 Å². The van der Waals surface area contributed by atoms with Crippen molar-refractivity contribution < 1.29 is 4.79 Å². The fraction of sp³-hybridized carbons (Fsp3) is 0.900. The van der Waals surface area contributed by atoms with E-state index in [1.165, 1.54) is 0 Å². The number of nitrogens with one attached hydrogen (secondary N) is 2. The van der Waals surface area contributed by atoms with Gasteiger partial charge in [-0.1, -0.05) is 20.3 Å². The average molecular weight is 184 g/mol. The highest BCUT2D eigenvalue weighted by Crippen LogP contribution is 2.13. The molecule has 0 saturated carbocycles. The van der Waals surface area contributed by atoms with Gasteiger partial charge in [0.05, 0.1) is 6.04 Å². The van der Waals surface area contributed by atoms with Crippen LogP contribution in [-0.4, -0.2) is 25.0 Å². The first-order valence-corrected chi connectivity index (χ1v) is 5.26. The second-order valence-electron chi connectivity index (χ2n) is 3.84. The fourth-order valence-electron chi connectivity index (χ4n) is 1.68. The van der Waals surface area contributed by atoms with Gasteiger partial charge in [-0.25, -0.2) is 0 Å². The van der Waals surface area contributed by atoms with Crippen LogP contribution in [0.3, 0.4) is 0 Å². The van der Waals surface area contributed by atoms with Crippen molar-refractivity contribution in [1.29, 1.82) is 0 Å². The molecule has 0 spiro atoms. The normalized spacial score (nSPS) is 27.5. The smallest absolute Gasteiger partial charge is 0.237 e. The van der Waals surface area contributed by atoms with Gasteiger partial charge in [-0.05, 0) is 25.3 Å². The van der Waals surface area contributed by atoms with E-state index in [9.17, 15) is 4.79 Å². The van der Waals surface area contributed by atoms with E-state index in [-0.39, 0.29) is 11.9 Å². The lowest BCUT2D eigenvalue weighted by Gasteiger charge is -2.14. The van der Waals surface area contributed by atoms with E-state index < -0.39 is 0 Å². The van der Waals surface area contributed by atoms with Crippen molar-refractivity contribution in [2.45, 2.75) is 39.2 Å². The van der Waals surface area contributed by atoms with Crippen LogP contribution < -0.4 is 10.6 Å². The minimum Gasteiger partial charge on any atom is -0.355 e. The molecular weight excluding hydrogens is 164 g/mol. The first-order valence-electron chi connectivity index (χ1n) is 5.26. The Balaban J connectivity index is 2.22. The van der Waals surface area contributed by atoms with Gasteiger partial charge in [-0.3, -0.25) is 4.79 Å². The van der Waals surface area contributed by atoms with E-state index in [4.69, 9.17) is 0 Å². The maximum atomic E-state index is 11.6. The predicted molar refractivity (Wildman–Crippen MR) is 53.5 cm³/mol. The van der Waals surface area contributed by atoms with E-state index in [1.807, 2.05) is 0 Å². The maximum Gasteiger partial charge on any atom is 0.237 e. The first-order chi connectivity index (χ1) is 6.25. The van der Waals surface area contributed by atoms with Crippen molar-refractivity contribution in [2.24, 2.45) is 5.92 Å². The molecule has 1 saturated heterocycles. The molecular formula is C10H20N2O. The number of hydrogen-bond acceptors (Lipinski definition) is 2. The number of hydrogen-bond donors (Lipinski definition) is 2. The molecule has 0 aromatic heterocycles. The van der Waals surface area contributed by atoms with Crippen LogP contribution in [0.15, 0.2) is 0 Å². The molecule has 1 rings (SSSR count). The van der Waals surface area contributed by atoms with Gasteiger partial charge >= 0.3 is 0 Å². The standard InChI is InChI=1S/C10H20N2O/c1-3-4-6-12-10(13)9-8(2)5-7-11-9/h8-9,11H,3-7H2,1-2H3,(H,12,13). The fourth-order valence-corrected chi connectivity index (χ4v) is 1.68. The zero-order chi connectivity index (χ0) is 9.68. The van der Waals surface area contributed by atoms with Gasteiger partial charge < -0.3 is 10.6 Å². The Labute approximate surface area is 80.3 Å². The highest BCUT2D eigenvalue weighted by molar-refractivity contribution is 5.82. The highest BCUT2D eigenvalue weighted by atomic mass is 16.2. The summed E-state index contributed by atoms with van der Waals surface area (Å²) < 4.78 is 0. The molecule has 2 unspecified atom stereocenters. The molecule has 76 valence electrons. The number of amides is 1. The second kappa shape index (κ2) is 5.22. The Bertz CT molecular complexity index is 170. The Morgan fingerprint density at radius 2 is 2.38 bits per heavy atom. The second-order valence-corrected chi connectivity index (χ2v) is 3.84. The van der Waals surface area contributed by atoms with Gasteiger partial charge in [-0.15, -0.1) is 0 Å². The third kappa shape index (κ3) is 2.99. The molecule has 3 nitrogen and oxygen atoms in total. The number of carbonyl (C=O) groups excluding carboxylic acids is 1. The Kier molecular flexibility index (Phi) is 4.22. The third-order valence-corrected chi connectivity index (χ3v) is 2.64. The lowest BCUT2D eigenvalue weighted by molar-refractivity contribution is -0.123. The zero-order valence-electron chi connectivity index (χ0n) is 8.60. The molecule has 13 heavy (non-hydrogen) atoms. The Hall–Kier alpha value is -0.570. The van der Waals surface area contributed by atoms with E-state index in [0.29, 0.717) is 5.92 Å². The van der Waals surface area contributed by atoms with E-state index in [0.717, 1.165) is 32.4 Å². The lowest BCUT2D eigenvalue weighted by atomic mass is 10.0. The van der Waals surface area contributed by atoms with Crippen molar-refractivity contribution >= 4 is 5.91 Å². The Morgan fingerprint density at radius 3 is 2.92 bits per heavy atom. The van der Waals surface area contributed by atoms with Crippen LogP contribution in [0.25, 0.3) is 0 Å². The zero-order valence-corrected chi connectivity index (χ0v) is 8.60. The van der Waals surface area contributed by atoms with Crippen LogP contribution in [0.5, 0.6) is 0 Å². The van der Waals surface area contributed by atoms with Crippen LogP contribution in [0.1, 0.15) is 33.1 Å². The van der Waals surface area contributed by atoms with Crippen LogP contribution in [-0.2, 0) is 4.79 Å². The monoisotopic (exact) mass is 184 g/mol. The SMILES string of the molecule is CCCCNC(=O)C1NCCC1C. The minimum absolute atomic E-state index is 0.0526. The average Bonchev–Trinajstić information content (AvgIpc) is 2.52. The summed E-state index contributed by atoms with van der Waals surface area (Å²) in [4.78, 5) is 11.6. The van der Waals surface area contributed by atoms with Gasteiger partial charge in [-0.2, -0.15) is 0 Å². The first kappa shape index (κ1) is 10.5. The molecule has 3 heteroatoms. The van der Waals surface area contributed by atoms with Crippen LogP contribution in [0, 0.1) is 5.92 Å². The van der Waals surface area contributed by atoms with E-state index in [1.54, 1.807) is 0 Å². The number of rotatable bonds is 4. The van der Waals surface area contributed by atoms with Crippen LogP contribution in [0.4, 0.5) is 0 Å². The van der Waals surface area contributed by atoms with Crippen LogP contribution in [0.2, 0.25) is 0 Å². The lowest BCUT2D eigenvalue weighted by Crippen LogP contribution is -2.43. The molecule has 0 aromatic rings. The summed E-state index contributed by atoms with van der Waals surface area (Å²) in [7, 11) is 0. The van der Waals surface area contributed by atoms with Crippen LogP contribution >= 0.6 is 0 Å². The largest absolute Gasteiger partial charge is 0.355 e. The van der Waals surface area contributed by atoms with Crippen molar-refractivity contribution in [3.8, 4) is 0 Å². The third-order valence-electron chi connectivity index (χ3n) is 2.64. The van der Waals surface area contributed by atoms with Gasteiger partial charge in [0.25, 0.3) is 0 Å². The molecule has 1 aliphatic heterocycles. The molecule has 1 fully saturated rings. The quantitative estimate of drug-likeness (QED) is 0.637. The van der Waals surface area contributed by atoms with Gasteiger partial charge in [0.15, 0.2) is 0 Å². The topological polar surface area (TPSA) is 41.1 Å². The molecule has 1 aliphatic rings. The molecule has 0 bridgehead atoms. The molecule has 0 aliphatic carbocycles. The van der Waals surface area contributed by atoms with Crippen molar-refractivity contribution in [1.82, 2.24) is 10.6 Å². The molecule has 2 N–H and O–H groups in total. The minimum atomic E-state index is 0.0526. The van der Waals surface area contributed by atoms with Gasteiger partial charge in [0.2, 0.25) is 5.91 Å². The molecule has 2 atom stereocenters. The number of carbonyl (C=O) groups is 1. The molecule has 0 radical (unpaired) electrons. The molecule has 1 amide bonds. The van der Waals surface area contributed by atoms with Gasteiger partial charge in [0, 0.05) is 6.54 Å². The maximum absolute atomic E-state index is 11.6. The van der Waals surface area contributed by atoms with Crippen molar-refractivity contribution in [3.63, 3.8) is 0 Å². The Morgan fingerprint density at radius 1 is 1.62 bits per heavy atom. The summed E-state index contributed by atoms with van der Waals surface area (Å²) in [5.74, 6) is 0.667. The summed E-state index contributed by atoms with van der Waals surface area (Å²) in [6.45, 7) is 6.06. The summed E-state index contributed by atoms with van der Waals surface area (Å²) in [6.07, 6.45) is 3.33. The van der Waals surface area contributed by atoms with Crippen molar-refractivity contribution in [2.75, 3.05) is 13.1 Å². The van der Waals surface area contributed by atoms with Gasteiger partial charge in [0.1, 0.15) is 0 Å². The highest BCUT2D eigenvalue weighted by Gasteiger charge is 2.28. The summed E-state index contributed by atoms with van der Waals surface area (Å²) in [6, 6.07) is 0.0526. The van der Waals surface area contributed by atoms with E-state index in [2.05, 4.69) is 24.5 Å².